The second-order valence-corrected chi connectivity index (χ2v) is 4.24. The van der Waals surface area contributed by atoms with Crippen molar-refractivity contribution in [3.05, 3.63) is 11.6 Å². The summed E-state index contributed by atoms with van der Waals surface area (Å²) in [6, 6.07) is -0.272. The topological polar surface area (TPSA) is 67.9 Å². The zero-order valence-corrected chi connectivity index (χ0v) is 11.8. The molecule has 0 aliphatic carbocycles. The summed E-state index contributed by atoms with van der Waals surface area (Å²) in [5, 5.41) is 3.79. The minimum absolute atomic E-state index is 0.139. The van der Waals surface area contributed by atoms with E-state index >= 15 is 0 Å². The van der Waals surface area contributed by atoms with Crippen LogP contribution in [-0.4, -0.2) is 44.4 Å². The first-order valence-corrected chi connectivity index (χ1v) is 5.68. The van der Waals surface area contributed by atoms with Gasteiger partial charge in [-0.25, -0.2) is 9.86 Å². The van der Waals surface area contributed by atoms with E-state index in [2.05, 4.69) is 10.1 Å². The van der Waals surface area contributed by atoms with Crippen LogP contribution in [0.25, 0.3) is 0 Å². The SMILES string of the molecule is COC(=O)N[C@H](C=C(C)C(=O)N(C)OC)C(C)C. The molecule has 0 aromatic rings. The van der Waals surface area contributed by atoms with Gasteiger partial charge in [-0.15, -0.1) is 0 Å². The van der Waals surface area contributed by atoms with Gasteiger partial charge in [-0.05, 0) is 12.8 Å². The number of nitrogens with zero attached hydrogens (tertiary/aromatic N) is 1. The lowest BCUT2D eigenvalue weighted by atomic mass is 10.0. The molecule has 0 aliphatic heterocycles. The third kappa shape index (κ3) is 5.18. The number of ether oxygens (including phenoxy) is 1. The van der Waals surface area contributed by atoms with Crippen molar-refractivity contribution in [1.82, 2.24) is 10.4 Å². The third-order valence-electron chi connectivity index (χ3n) is 2.51. The number of carbonyl (C=O) groups is 2. The Morgan fingerprint density at radius 3 is 2.22 bits per heavy atom. The first-order chi connectivity index (χ1) is 8.33. The fourth-order valence-electron chi connectivity index (χ4n) is 1.27. The molecule has 1 N–H and O–H groups in total. The van der Waals surface area contributed by atoms with E-state index in [0.717, 1.165) is 5.06 Å². The van der Waals surface area contributed by atoms with Crippen molar-refractivity contribution in [3.8, 4) is 0 Å². The summed E-state index contributed by atoms with van der Waals surface area (Å²) in [7, 11) is 4.24. The van der Waals surface area contributed by atoms with Gasteiger partial charge in [0.15, 0.2) is 0 Å². The smallest absolute Gasteiger partial charge is 0.407 e. The monoisotopic (exact) mass is 258 g/mol. The molecule has 0 rings (SSSR count). The number of hydroxylamine groups is 2. The average molecular weight is 258 g/mol. The molecule has 6 nitrogen and oxygen atoms in total. The molecular formula is C12H22N2O4. The molecule has 18 heavy (non-hydrogen) atoms. The van der Waals surface area contributed by atoms with Gasteiger partial charge in [0, 0.05) is 12.6 Å². The van der Waals surface area contributed by atoms with Gasteiger partial charge in [0.2, 0.25) is 0 Å². The fraction of sp³-hybridized carbons (Fsp3) is 0.667. The molecular weight excluding hydrogens is 236 g/mol. The number of rotatable bonds is 5. The van der Waals surface area contributed by atoms with E-state index < -0.39 is 6.09 Å². The molecule has 2 amide bonds. The quantitative estimate of drug-likeness (QED) is 0.597. The summed E-state index contributed by atoms with van der Waals surface area (Å²) in [6.45, 7) is 5.55. The van der Waals surface area contributed by atoms with E-state index in [9.17, 15) is 9.59 Å². The molecule has 104 valence electrons. The molecule has 0 aliphatic rings. The highest BCUT2D eigenvalue weighted by molar-refractivity contribution is 5.92. The number of hydrogen-bond donors (Lipinski definition) is 1. The van der Waals surface area contributed by atoms with Gasteiger partial charge in [-0.3, -0.25) is 9.63 Å². The molecule has 0 saturated heterocycles. The van der Waals surface area contributed by atoms with Gasteiger partial charge >= 0.3 is 6.09 Å². The molecule has 0 fully saturated rings. The molecule has 0 bridgehead atoms. The maximum absolute atomic E-state index is 11.8. The predicted octanol–water partition coefficient (Wildman–Crippen LogP) is 1.33. The van der Waals surface area contributed by atoms with Crippen LogP contribution >= 0.6 is 0 Å². The van der Waals surface area contributed by atoms with Crippen LogP contribution in [0.4, 0.5) is 4.79 Å². The summed E-state index contributed by atoms with van der Waals surface area (Å²) in [5.41, 5.74) is 0.495. The molecule has 0 aromatic heterocycles. The highest BCUT2D eigenvalue weighted by Crippen LogP contribution is 2.08. The maximum atomic E-state index is 11.8. The Morgan fingerprint density at radius 1 is 1.28 bits per heavy atom. The molecule has 6 heteroatoms. The average Bonchev–Trinajstić information content (AvgIpc) is 2.35. The second-order valence-electron chi connectivity index (χ2n) is 4.24. The number of methoxy groups -OCH3 is 1. The van der Waals surface area contributed by atoms with Crippen LogP contribution in [0.3, 0.4) is 0 Å². The van der Waals surface area contributed by atoms with Crippen molar-refractivity contribution in [2.45, 2.75) is 26.8 Å². The van der Waals surface area contributed by atoms with Crippen molar-refractivity contribution >= 4 is 12.0 Å². The maximum Gasteiger partial charge on any atom is 0.407 e. The van der Waals surface area contributed by atoms with Gasteiger partial charge in [0.1, 0.15) is 0 Å². The van der Waals surface area contributed by atoms with Crippen molar-refractivity contribution in [3.63, 3.8) is 0 Å². The molecule has 0 radical (unpaired) electrons. The third-order valence-corrected chi connectivity index (χ3v) is 2.51. The Kier molecular flexibility index (Phi) is 7.04. The van der Waals surface area contributed by atoms with Crippen molar-refractivity contribution < 1.29 is 19.2 Å². The standard InChI is InChI=1S/C12H22N2O4/c1-8(2)10(13-12(16)17-5)7-9(3)11(15)14(4)18-6/h7-8,10H,1-6H3,(H,13,16)/t10-/m1/s1. The van der Waals surface area contributed by atoms with Gasteiger partial charge < -0.3 is 10.1 Å². The normalized spacial score (nSPS) is 13.2. The highest BCUT2D eigenvalue weighted by atomic mass is 16.7. The lowest BCUT2D eigenvalue weighted by molar-refractivity contribution is -0.163. The van der Waals surface area contributed by atoms with E-state index in [4.69, 9.17) is 4.84 Å². The zero-order valence-electron chi connectivity index (χ0n) is 11.8. The van der Waals surface area contributed by atoms with Crippen molar-refractivity contribution in [1.29, 1.82) is 0 Å². The van der Waals surface area contributed by atoms with E-state index in [1.165, 1.54) is 21.3 Å². The van der Waals surface area contributed by atoms with Crippen molar-refractivity contribution in [2.24, 2.45) is 5.92 Å². The lowest BCUT2D eigenvalue weighted by Crippen LogP contribution is -2.38. The Bertz CT molecular complexity index is 326. The van der Waals surface area contributed by atoms with Crippen LogP contribution in [0.5, 0.6) is 0 Å². The van der Waals surface area contributed by atoms with Gasteiger partial charge in [-0.1, -0.05) is 19.9 Å². The molecule has 1 atom stereocenters. The summed E-state index contributed by atoms with van der Waals surface area (Å²) in [4.78, 5) is 27.8. The number of alkyl carbamates (subject to hydrolysis) is 1. The zero-order chi connectivity index (χ0) is 14.3. The Balaban J connectivity index is 4.84. The number of nitrogens with one attached hydrogen (secondary N) is 1. The van der Waals surface area contributed by atoms with E-state index in [1.807, 2.05) is 13.8 Å². The second kappa shape index (κ2) is 7.71. The summed E-state index contributed by atoms with van der Waals surface area (Å²) in [5.74, 6) is -0.116. The Hall–Kier alpha value is -1.56. The molecule has 0 spiro atoms. The van der Waals surface area contributed by atoms with E-state index in [1.54, 1.807) is 13.0 Å². The number of hydrogen-bond acceptors (Lipinski definition) is 4. The summed E-state index contributed by atoms with van der Waals surface area (Å²) in [6.07, 6.45) is 1.17. The Morgan fingerprint density at radius 2 is 1.83 bits per heavy atom. The van der Waals surface area contributed by atoms with Gasteiger partial charge in [0.25, 0.3) is 5.91 Å². The predicted molar refractivity (Wildman–Crippen MR) is 67.7 cm³/mol. The van der Waals surface area contributed by atoms with E-state index in [-0.39, 0.29) is 17.9 Å². The molecule has 0 heterocycles. The Labute approximate surface area is 108 Å². The molecule has 0 unspecified atom stereocenters. The number of carbonyl (C=O) groups excluding carboxylic acids is 2. The van der Waals surface area contributed by atoms with Crippen LogP contribution in [-0.2, 0) is 14.4 Å². The van der Waals surface area contributed by atoms with Crippen LogP contribution in [0, 0.1) is 5.92 Å². The lowest BCUT2D eigenvalue weighted by Gasteiger charge is -2.20. The molecule has 0 aromatic carbocycles. The van der Waals surface area contributed by atoms with Crippen molar-refractivity contribution in [2.75, 3.05) is 21.3 Å². The van der Waals surface area contributed by atoms with Crippen LogP contribution in [0.15, 0.2) is 11.6 Å². The first kappa shape index (κ1) is 16.4. The minimum atomic E-state index is -0.523. The van der Waals surface area contributed by atoms with Gasteiger partial charge in [0.05, 0.1) is 20.3 Å². The van der Waals surface area contributed by atoms with Crippen LogP contribution in [0.2, 0.25) is 0 Å². The van der Waals surface area contributed by atoms with Crippen LogP contribution < -0.4 is 5.32 Å². The van der Waals surface area contributed by atoms with Gasteiger partial charge in [-0.2, -0.15) is 0 Å². The van der Waals surface area contributed by atoms with E-state index in [0.29, 0.717) is 5.57 Å². The molecule has 0 saturated carbocycles. The van der Waals surface area contributed by atoms with Crippen LogP contribution in [0.1, 0.15) is 20.8 Å². The summed E-state index contributed by atoms with van der Waals surface area (Å²) >= 11 is 0. The summed E-state index contributed by atoms with van der Waals surface area (Å²) < 4.78 is 4.54. The largest absolute Gasteiger partial charge is 0.453 e. The minimum Gasteiger partial charge on any atom is -0.453 e. The highest BCUT2D eigenvalue weighted by Gasteiger charge is 2.17. The number of likely N-dealkylation sites (N-methyl/N-ethyl adjacent to an activating group) is 1. The number of amides is 2. The fourth-order valence-corrected chi connectivity index (χ4v) is 1.27. The first-order valence-electron chi connectivity index (χ1n) is 5.68.